The number of nitrogens with zero attached hydrogens (tertiary/aromatic N) is 2. The van der Waals surface area contributed by atoms with E-state index >= 15 is 0 Å². The average molecular weight is 498 g/mol. The second kappa shape index (κ2) is 17.5. The molecular weight excluding hydrogens is 456 g/mol. The van der Waals surface area contributed by atoms with Crippen LogP contribution < -0.4 is 4.90 Å². The molecule has 2 aliphatic carbocycles. The van der Waals surface area contributed by atoms with Crippen LogP contribution in [0.5, 0.6) is 0 Å². The Morgan fingerprint density at radius 3 is 1.55 bits per heavy atom. The summed E-state index contributed by atoms with van der Waals surface area (Å²) in [4.78, 5) is 2.23. The van der Waals surface area contributed by atoms with Crippen LogP contribution in [0.25, 0.3) is 5.32 Å². The summed E-state index contributed by atoms with van der Waals surface area (Å²) in [5, 5.41) is 4.72. The predicted octanol–water partition coefficient (Wildman–Crippen LogP) is 8.57. The number of para-hydroxylation sites is 2. The number of rotatable bonds is 6. The van der Waals surface area contributed by atoms with Crippen molar-refractivity contribution in [1.82, 2.24) is 0 Å². The molecule has 0 N–H and O–H groups in total. The molecule has 0 bridgehead atoms. The summed E-state index contributed by atoms with van der Waals surface area (Å²) in [6.07, 6.45) is 15.0. The molecule has 2 saturated carbocycles. The molecule has 0 aliphatic heterocycles. The first-order chi connectivity index (χ1) is 14.7. The van der Waals surface area contributed by atoms with Gasteiger partial charge < -0.3 is 17.1 Å². The van der Waals surface area contributed by atoms with Crippen molar-refractivity contribution in [3.05, 3.63) is 72.9 Å². The fourth-order valence-electron chi connectivity index (χ4n) is 3.91. The van der Waals surface area contributed by atoms with Gasteiger partial charge in [-0.25, -0.2) is 0 Å². The molecule has 0 amide bonds. The van der Waals surface area contributed by atoms with Crippen LogP contribution in [0, 0.1) is 12.8 Å². The molecule has 2 atom stereocenters. The number of hydrogen-bond donors (Lipinski definition) is 0. The van der Waals surface area contributed by atoms with Crippen LogP contribution in [0.4, 0.5) is 11.4 Å². The van der Waals surface area contributed by atoms with E-state index in [2.05, 4.69) is 50.1 Å². The van der Waals surface area contributed by atoms with Gasteiger partial charge in [-0.1, -0.05) is 120 Å². The Morgan fingerprint density at radius 2 is 1.13 bits per heavy atom. The standard InChI is InChI=1S/C18H22N2.2C5H10.Zr/c1-15(14-20(3)18-12-8-5-9-13-18)16(2)19-17-10-6-4-7-11-17;2*1-2-4-5-3-1;/h4-13,15-16H,1,14H2,2-3H3;2*1-5H2;/q-2;;;+4/t15-,16-;;;/m1.../s1. The zero-order chi connectivity index (χ0) is 21.4. The maximum absolute atomic E-state index is 4.72. The van der Waals surface area contributed by atoms with Gasteiger partial charge in [0.2, 0.25) is 0 Å². The van der Waals surface area contributed by atoms with Crippen LogP contribution in [-0.2, 0) is 26.2 Å². The maximum atomic E-state index is 4.72. The monoisotopic (exact) mass is 496 g/mol. The summed E-state index contributed by atoms with van der Waals surface area (Å²) in [6, 6.07) is 20.7. The summed E-state index contributed by atoms with van der Waals surface area (Å²) < 4.78 is 0. The summed E-state index contributed by atoms with van der Waals surface area (Å²) in [5.41, 5.74) is 2.24. The quantitative estimate of drug-likeness (QED) is 0.365. The minimum Gasteiger partial charge on any atom is -0.684 e. The van der Waals surface area contributed by atoms with Crippen molar-refractivity contribution in [2.24, 2.45) is 5.92 Å². The third-order valence-corrected chi connectivity index (χ3v) is 6.00. The average Bonchev–Trinajstić information content (AvgIpc) is 3.54. The van der Waals surface area contributed by atoms with Crippen molar-refractivity contribution in [2.75, 3.05) is 18.5 Å². The van der Waals surface area contributed by atoms with Crippen LogP contribution in [0.15, 0.2) is 60.7 Å². The van der Waals surface area contributed by atoms with Crippen molar-refractivity contribution in [3.8, 4) is 0 Å². The van der Waals surface area contributed by atoms with E-state index in [0.29, 0.717) is 0 Å². The molecule has 2 aromatic rings. The Labute approximate surface area is 211 Å². The molecule has 2 aliphatic rings. The Balaban J connectivity index is 0.000000356. The van der Waals surface area contributed by atoms with Crippen molar-refractivity contribution < 1.29 is 26.2 Å². The molecular formula is C28H42N2Zr+2. The van der Waals surface area contributed by atoms with Gasteiger partial charge in [0.1, 0.15) is 0 Å². The Morgan fingerprint density at radius 1 is 0.742 bits per heavy atom. The molecule has 0 heterocycles. The van der Waals surface area contributed by atoms with Gasteiger partial charge in [-0.2, -0.15) is 5.92 Å². The van der Waals surface area contributed by atoms with E-state index in [-0.39, 0.29) is 38.2 Å². The summed E-state index contributed by atoms with van der Waals surface area (Å²) in [7, 11) is 2.10. The first-order valence-electron chi connectivity index (χ1n) is 12.0. The van der Waals surface area contributed by atoms with Crippen molar-refractivity contribution in [1.29, 1.82) is 0 Å². The normalized spacial score (nSPS) is 16.5. The molecule has 0 spiro atoms. The van der Waals surface area contributed by atoms with Gasteiger partial charge in [-0.15, -0.1) is 11.7 Å². The van der Waals surface area contributed by atoms with Gasteiger partial charge in [0.25, 0.3) is 0 Å². The smallest absolute Gasteiger partial charge is 0.684 e. The number of benzene rings is 2. The van der Waals surface area contributed by atoms with E-state index in [9.17, 15) is 0 Å². The van der Waals surface area contributed by atoms with Crippen molar-refractivity contribution in [3.63, 3.8) is 0 Å². The van der Waals surface area contributed by atoms with Gasteiger partial charge in [0, 0.05) is 12.7 Å². The minimum atomic E-state index is 0. The van der Waals surface area contributed by atoms with E-state index < -0.39 is 0 Å². The molecule has 0 aromatic heterocycles. The molecule has 4 rings (SSSR count). The molecule has 3 heteroatoms. The fourth-order valence-corrected chi connectivity index (χ4v) is 3.91. The van der Waals surface area contributed by atoms with Gasteiger partial charge in [0.05, 0.1) is 0 Å². The number of anilines is 1. The molecule has 31 heavy (non-hydrogen) atoms. The SMILES string of the molecule is C1CCCC1.C1CCCC1.[CH2-][C@H](CN(C)c1ccccc1)[C@@H](C)[N-]c1ccccc1.[Zr+4]. The van der Waals surface area contributed by atoms with Crippen LogP contribution in [0.1, 0.15) is 71.1 Å². The van der Waals surface area contributed by atoms with Gasteiger partial charge in [-0.05, 0) is 18.7 Å². The van der Waals surface area contributed by atoms with E-state index in [1.54, 1.807) is 0 Å². The molecule has 2 fully saturated rings. The van der Waals surface area contributed by atoms with Crippen LogP contribution in [0.2, 0.25) is 0 Å². The summed E-state index contributed by atoms with van der Waals surface area (Å²) in [6.45, 7) is 7.28. The molecule has 0 radical (unpaired) electrons. The third kappa shape index (κ3) is 12.5. The Bertz CT molecular complexity index is 613. The fraction of sp³-hybridized carbons (Fsp3) is 0.536. The molecule has 2 nitrogen and oxygen atoms in total. The van der Waals surface area contributed by atoms with E-state index in [1.165, 1.54) is 69.9 Å². The zero-order valence-electron chi connectivity index (χ0n) is 19.8. The maximum Gasteiger partial charge on any atom is 4.00 e. The largest absolute Gasteiger partial charge is 4.00 e. The second-order valence-electron chi connectivity index (χ2n) is 8.72. The van der Waals surface area contributed by atoms with E-state index in [0.717, 1.165) is 12.2 Å². The molecule has 0 unspecified atom stereocenters. The molecule has 166 valence electrons. The summed E-state index contributed by atoms with van der Waals surface area (Å²) >= 11 is 0. The Kier molecular flexibility index (Phi) is 15.8. The van der Waals surface area contributed by atoms with Gasteiger partial charge >= 0.3 is 26.2 Å². The number of hydrogen-bond acceptors (Lipinski definition) is 1. The second-order valence-corrected chi connectivity index (χ2v) is 8.72. The van der Waals surface area contributed by atoms with E-state index in [1.807, 2.05) is 36.4 Å². The van der Waals surface area contributed by atoms with Gasteiger partial charge in [0.15, 0.2) is 0 Å². The first kappa shape index (κ1) is 28.0. The van der Waals surface area contributed by atoms with Crippen LogP contribution >= 0.6 is 0 Å². The Hall–Kier alpha value is -1.08. The molecule has 0 saturated heterocycles. The van der Waals surface area contributed by atoms with E-state index in [4.69, 9.17) is 5.32 Å². The van der Waals surface area contributed by atoms with Crippen LogP contribution in [-0.4, -0.2) is 19.6 Å². The van der Waals surface area contributed by atoms with Crippen molar-refractivity contribution >= 4 is 11.4 Å². The van der Waals surface area contributed by atoms with Gasteiger partial charge in [-0.3, -0.25) is 0 Å². The zero-order valence-corrected chi connectivity index (χ0v) is 22.3. The topological polar surface area (TPSA) is 17.3 Å². The predicted molar refractivity (Wildman–Crippen MR) is 134 cm³/mol. The third-order valence-electron chi connectivity index (χ3n) is 6.00. The summed E-state index contributed by atoms with van der Waals surface area (Å²) in [5.74, 6) is 0.250. The first-order valence-corrected chi connectivity index (χ1v) is 12.0. The van der Waals surface area contributed by atoms with Crippen molar-refractivity contribution in [2.45, 2.75) is 77.2 Å². The minimum absolute atomic E-state index is 0. The van der Waals surface area contributed by atoms with Crippen LogP contribution in [0.3, 0.4) is 0 Å². The molecule has 2 aromatic carbocycles.